The third-order valence-corrected chi connectivity index (χ3v) is 3.28. The van der Waals surface area contributed by atoms with Crippen LogP contribution >= 0.6 is 0 Å². The van der Waals surface area contributed by atoms with Gasteiger partial charge in [-0.2, -0.15) is 0 Å². The predicted octanol–water partition coefficient (Wildman–Crippen LogP) is 1.64. The number of benzene rings is 1. The molecule has 1 aliphatic heterocycles. The van der Waals surface area contributed by atoms with Crippen LogP contribution in [-0.4, -0.2) is 12.2 Å². The molecule has 0 spiro atoms. The summed E-state index contributed by atoms with van der Waals surface area (Å²) in [5.74, 6) is 0.375. The van der Waals surface area contributed by atoms with Crippen molar-refractivity contribution >= 4 is 0 Å². The molecule has 4 N–H and O–H groups in total. The Labute approximate surface area is 97.4 Å². The minimum absolute atomic E-state index is 0.0124. The molecule has 0 amide bonds. The molecule has 1 saturated heterocycles. The van der Waals surface area contributed by atoms with Crippen LogP contribution in [-0.2, 0) is 0 Å². The lowest BCUT2D eigenvalue weighted by molar-refractivity contribution is 0.485. The molecular weight excluding hydrogens is 198 g/mol. The Morgan fingerprint density at radius 2 is 2.12 bits per heavy atom. The van der Waals surface area contributed by atoms with Gasteiger partial charge in [0, 0.05) is 12.0 Å². The fraction of sp³-hybridized carbons (Fsp3) is 0.538. The smallest absolute Gasteiger partial charge is 0.0764 e. The van der Waals surface area contributed by atoms with E-state index in [4.69, 9.17) is 5.73 Å². The molecule has 1 fully saturated rings. The molecule has 0 aromatic heterocycles. The highest BCUT2D eigenvalue weighted by Crippen LogP contribution is 2.27. The maximum atomic E-state index is 6.11. The van der Waals surface area contributed by atoms with Gasteiger partial charge in [0.25, 0.3) is 0 Å². The molecule has 1 aromatic rings. The second kappa shape index (κ2) is 4.95. The van der Waals surface area contributed by atoms with E-state index in [1.165, 1.54) is 17.5 Å². The van der Waals surface area contributed by atoms with E-state index in [9.17, 15) is 0 Å². The van der Waals surface area contributed by atoms with Gasteiger partial charge in [-0.25, -0.2) is 5.43 Å². The van der Waals surface area contributed by atoms with Crippen molar-refractivity contribution in [1.82, 2.24) is 10.9 Å². The lowest BCUT2D eigenvalue weighted by Gasteiger charge is -2.21. The van der Waals surface area contributed by atoms with E-state index in [0.717, 1.165) is 6.42 Å². The first kappa shape index (κ1) is 11.6. The first-order chi connectivity index (χ1) is 7.72. The van der Waals surface area contributed by atoms with Gasteiger partial charge in [-0.15, -0.1) is 0 Å². The molecule has 1 aliphatic rings. The van der Waals surface area contributed by atoms with Crippen molar-refractivity contribution in [3.63, 3.8) is 0 Å². The minimum Gasteiger partial charge on any atom is -0.314 e. The standard InChI is InChI=1S/C13H21N3/c1-3-5-11-12(13(14)16-15-11)10-7-4-6-9(2)8-10/h4,6-8,11-13,15-16H,3,5,14H2,1-2H3. The van der Waals surface area contributed by atoms with E-state index in [1.54, 1.807) is 0 Å². The van der Waals surface area contributed by atoms with E-state index in [2.05, 4.69) is 49.0 Å². The quantitative estimate of drug-likeness (QED) is 0.724. The monoisotopic (exact) mass is 219 g/mol. The number of rotatable bonds is 3. The van der Waals surface area contributed by atoms with Crippen molar-refractivity contribution in [2.45, 2.75) is 44.8 Å². The van der Waals surface area contributed by atoms with Crippen LogP contribution in [0.5, 0.6) is 0 Å². The second-order valence-electron chi connectivity index (χ2n) is 4.65. The van der Waals surface area contributed by atoms with E-state index >= 15 is 0 Å². The van der Waals surface area contributed by atoms with Crippen molar-refractivity contribution < 1.29 is 0 Å². The molecule has 0 aliphatic carbocycles. The van der Waals surface area contributed by atoms with Crippen molar-refractivity contribution in [3.8, 4) is 0 Å². The molecule has 16 heavy (non-hydrogen) atoms. The van der Waals surface area contributed by atoms with Crippen LogP contribution in [0.3, 0.4) is 0 Å². The third kappa shape index (κ3) is 2.26. The highest BCUT2D eigenvalue weighted by atomic mass is 15.5. The normalized spacial score (nSPS) is 29.6. The van der Waals surface area contributed by atoms with Crippen molar-refractivity contribution in [2.24, 2.45) is 5.73 Å². The summed E-state index contributed by atoms with van der Waals surface area (Å²) in [6.45, 7) is 4.33. The van der Waals surface area contributed by atoms with E-state index in [1.807, 2.05) is 0 Å². The highest BCUT2D eigenvalue weighted by Gasteiger charge is 2.33. The van der Waals surface area contributed by atoms with Crippen molar-refractivity contribution in [3.05, 3.63) is 35.4 Å². The molecular formula is C13H21N3. The van der Waals surface area contributed by atoms with Gasteiger partial charge in [0.05, 0.1) is 6.17 Å². The maximum absolute atomic E-state index is 6.11. The molecule has 0 bridgehead atoms. The maximum Gasteiger partial charge on any atom is 0.0764 e. The Balaban J connectivity index is 2.22. The largest absolute Gasteiger partial charge is 0.314 e. The molecule has 0 radical (unpaired) electrons. The fourth-order valence-corrected chi connectivity index (χ4v) is 2.51. The first-order valence-electron chi connectivity index (χ1n) is 6.05. The van der Waals surface area contributed by atoms with E-state index in [-0.39, 0.29) is 6.17 Å². The van der Waals surface area contributed by atoms with Crippen molar-refractivity contribution in [1.29, 1.82) is 0 Å². The number of hydrogen-bond donors (Lipinski definition) is 3. The summed E-state index contributed by atoms with van der Waals surface area (Å²) in [5.41, 5.74) is 15.2. The van der Waals surface area contributed by atoms with Gasteiger partial charge in [0.2, 0.25) is 0 Å². The van der Waals surface area contributed by atoms with Gasteiger partial charge in [-0.05, 0) is 18.9 Å². The molecule has 3 unspecified atom stereocenters. The fourth-order valence-electron chi connectivity index (χ4n) is 2.51. The van der Waals surface area contributed by atoms with Crippen LogP contribution in [0, 0.1) is 6.92 Å². The SMILES string of the molecule is CCCC1NNC(N)C1c1cccc(C)c1. The third-order valence-electron chi connectivity index (χ3n) is 3.28. The van der Waals surface area contributed by atoms with Crippen LogP contribution in [0.15, 0.2) is 24.3 Å². The number of hydrazine groups is 1. The zero-order chi connectivity index (χ0) is 11.5. The van der Waals surface area contributed by atoms with Gasteiger partial charge in [0.15, 0.2) is 0 Å². The molecule has 3 heteroatoms. The molecule has 2 rings (SSSR count). The minimum atomic E-state index is 0.0124. The number of hydrogen-bond acceptors (Lipinski definition) is 3. The Bertz CT molecular complexity index is 349. The van der Waals surface area contributed by atoms with Gasteiger partial charge < -0.3 is 5.73 Å². The lowest BCUT2D eigenvalue weighted by Crippen LogP contribution is -2.38. The molecule has 0 saturated carbocycles. The van der Waals surface area contributed by atoms with Crippen LogP contribution < -0.4 is 16.6 Å². The van der Waals surface area contributed by atoms with Crippen LogP contribution in [0.25, 0.3) is 0 Å². The number of nitrogens with one attached hydrogen (secondary N) is 2. The van der Waals surface area contributed by atoms with Gasteiger partial charge in [-0.3, -0.25) is 5.43 Å². The summed E-state index contributed by atoms with van der Waals surface area (Å²) in [5, 5.41) is 0. The van der Waals surface area contributed by atoms with Gasteiger partial charge in [-0.1, -0.05) is 43.2 Å². The van der Waals surface area contributed by atoms with Crippen LogP contribution in [0.4, 0.5) is 0 Å². The Morgan fingerprint density at radius 1 is 1.31 bits per heavy atom. The molecule has 1 heterocycles. The van der Waals surface area contributed by atoms with Crippen LogP contribution in [0.2, 0.25) is 0 Å². The Hall–Kier alpha value is -0.900. The number of aryl methyl sites for hydroxylation is 1. The average Bonchev–Trinajstić information content (AvgIpc) is 2.60. The van der Waals surface area contributed by atoms with Gasteiger partial charge >= 0.3 is 0 Å². The zero-order valence-electron chi connectivity index (χ0n) is 10.0. The summed E-state index contributed by atoms with van der Waals surface area (Å²) < 4.78 is 0. The molecule has 3 atom stereocenters. The summed E-state index contributed by atoms with van der Waals surface area (Å²) in [6, 6.07) is 9.09. The second-order valence-corrected chi connectivity index (χ2v) is 4.65. The highest BCUT2D eigenvalue weighted by molar-refractivity contribution is 5.28. The summed E-state index contributed by atoms with van der Waals surface area (Å²) in [7, 11) is 0. The molecule has 88 valence electrons. The van der Waals surface area contributed by atoms with E-state index < -0.39 is 0 Å². The molecule has 1 aromatic carbocycles. The summed E-state index contributed by atoms with van der Waals surface area (Å²) in [6.07, 6.45) is 2.34. The summed E-state index contributed by atoms with van der Waals surface area (Å²) in [4.78, 5) is 0. The van der Waals surface area contributed by atoms with E-state index in [0.29, 0.717) is 12.0 Å². The summed E-state index contributed by atoms with van der Waals surface area (Å²) >= 11 is 0. The average molecular weight is 219 g/mol. The Kier molecular flexibility index (Phi) is 3.59. The number of nitrogens with two attached hydrogens (primary N) is 1. The predicted molar refractivity (Wildman–Crippen MR) is 66.9 cm³/mol. The topological polar surface area (TPSA) is 50.1 Å². The first-order valence-corrected chi connectivity index (χ1v) is 6.05. The Morgan fingerprint density at radius 3 is 2.81 bits per heavy atom. The molecule has 3 nitrogen and oxygen atoms in total. The van der Waals surface area contributed by atoms with Gasteiger partial charge in [0.1, 0.15) is 0 Å². The van der Waals surface area contributed by atoms with Crippen molar-refractivity contribution in [2.75, 3.05) is 0 Å². The zero-order valence-corrected chi connectivity index (χ0v) is 10.0. The van der Waals surface area contributed by atoms with Crippen LogP contribution in [0.1, 0.15) is 36.8 Å². The lowest BCUT2D eigenvalue weighted by atomic mass is 9.88.